The molecule has 0 fully saturated rings. The van der Waals surface area contributed by atoms with Crippen LogP contribution in [-0.2, 0) is 27.3 Å². The van der Waals surface area contributed by atoms with E-state index in [1.54, 1.807) is 4.90 Å². The molecule has 0 aliphatic carbocycles. The molecule has 0 N–H and O–H groups in total. The number of Topliss-reactive ketones (excluding diaryl/α,β-unsaturated/α-hetero) is 1. The van der Waals surface area contributed by atoms with E-state index in [2.05, 4.69) is 0 Å². The number of ether oxygens (including phenoxy) is 1. The molecule has 0 radical (unpaired) electrons. The number of carbonyl (C=O) groups excluding carboxylic acids is 2. The van der Waals surface area contributed by atoms with Gasteiger partial charge in [-0.2, -0.15) is 0 Å². The summed E-state index contributed by atoms with van der Waals surface area (Å²) in [4.78, 5) is 32.8. The summed E-state index contributed by atoms with van der Waals surface area (Å²) < 4.78 is 6.47. The van der Waals surface area contributed by atoms with Crippen molar-refractivity contribution in [3.63, 3.8) is 0 Å². The fraction of sp³-hybridized carbons (Fsp3) is 0.222. The van der Waals surface area contributed by atoms with E-state index in [0.29, 0.717) is 18.9 Å². The molecule has 3 aromatic rings. The second-order valence-corrected chi connectivity index (χ2v) is 8.43. The standard InChI is InChI=1S/C27H24N2O3/c1-19(30)17-29-18-22-14-8-9-15-23(22)24-27(26(29)31,16-20-10-4-2-5-11-20)28-25(32-24)21-12-6-3-7-13-21/h2-15,24H,16-18H2,1H3/t24-,27-/m0/s1. The zero-order valence-electron chi connectivity index (χ0n) is 17.9. The Morgan fingerprint density at radius 1 is 1.00 bits per heavy atom. The minimum atomic E-state index is -1.19. The lowest BCUT2D eigenvalue weighted by atomic mass is 9.81. The maximum absolute atomic E-state index is 14.1. The van der Waals surface area contributed by atoms with Crippen molar-refractivity contribution in [2.24, 2.45) is 4.99 Å². The summed E-state index contributed by atoms with van der Waals surface area (Å²) >= 11 is 0. The van der Waals surface area contributed by atoms with Gasteiger partial charge in [0.1, 0.15) is 5.78 Å². The smallest absolute Gasteiger partial charge is 0.255 e. The molecule has 2 atom stereocenters. The van der Waals surface area contributed by atoms with Crippen LogP contribution in [0.25, 0.3) is 0 Å². The number of benzene rings is 3. The summed E-state index contributed by atoms with van der Waals surface area (Å²) in [5.74, 6) is 0.221. The number of amides is 1. The minimum absolute atomic E-state index is 0.0482. The van der Waals surface area contributed by atoms with Gasteiger partial charge < -0.3 is 9.64 Å². The highest BCUT2D eigenvalue weighted by Gasteiger charge is 2.56. The van der Waals surface area contributed by atoms with Crippen LogP contribution in [0, 0.1) is 0 Å². The number of aliphatic imine (C=N–C) groups is 1. The second-order valence-electron chi connectivity index (χ2n) is 8.43. The van der Waals surface area contributed by atoms with E-state index >= 15 is 0 Å². The zero-order chi connectivity index (χ0) is 22.1. The van der Waals surface area contributed by atoms with Gasteiger partial charge >= 0.3 is 0 Å². The van der Waals surface area contributed by atoms with Crippen LogP contribution in [0.3, 0.4) is 0 Å². The Kier molecular flexibility index (Phi) is 5.10. The Balaban J connectivity index is 1.71. The van der Waals surface area contributed by atoms with Gasteiger partial charge in [0.2, 0.25) is 5.90 Å². The Bertz CT molecular complexity index is 1190. The molecule has 0 aromatic heterocycles. The molecule has 2 aliphatic rings. The summed E-state index contributed by atoms with van der Waals surface area (Å²) in [6.07, 6.45) is -0.185. The Labute approximate surface area is 187 Å². The van der Waals surface area contributed by atoms with Gasteiger partial charge in [-0.1, -0.05) is 72.8 Å². The van der Waals surface area contributed by atoms with Crippen molar-refractivity contribution < 1.29 is 14.3 Å². The SMILES string of the molecule is CC(=O)CN1Cc2ccccc2[C@@H]2OC(c3ccccc3)=N[C@]2(Cc2ccccc2)C1=O. The van der Waals surface area contributed by atoms with Crippen LogP contribution in [0.4, 0.5) is 0 Å². The first kappa shape index (κ1) is 20.2. The van der Waals surface area contributed by atoms with Gasteiger partial charge in [-0.25, -0.2) is 4.99 Å². The van der Waals surface area contributed by atoms with E-state index in [-0.39, 0.29) is 18.2 Å². The van der Waals surface area contributed by atoms with Crippen LogP contribution < -0.4 is 0 Å². The lowest BCUT2D eigenvalue weighted by molar-refractivity contribution is -0.142. The van der Waals surface area contributed by atoms with Gasteiger partial charge in [-0.3, -0.25) is 9.59 Å². The van der Waals surface area contributed by atoms with Crippen molar-refractivity contribution >= 4 is 17.6 Å². The number of nitrogens with zero attached hydrogens (tertiary/aromatic N) is 2. The van der Waals surface area contributed by atoms with Crippen molar-refractivity contribution in [3.05, 3.63) is 107 Å². The maximum Gasteiger partial charge on any atom is 0.255 e. The predicted molar refractivity (Wildman–Crippen MR) is 122 cm³/mol. The number of hydrogen-bond acceptors (Lipinski definition) is 4. The average Bonchev–Trinajstić information content (AvgIpc) is 3.16. The fourth-order valence-corrected chi connectivity index (χ4v) is 4.67. The molecule has 32 heavy (non-hydrogen) atoms. The summed E-state index contributed by atoms with van der Waals surface area (Å²) in [6.45, 7) is 1.92. The topological polar surface area (TPSA) is 59.0 Å². The number of carbonyl (C=O) groups is 2. The van der Waals surface area contributed by atoms with Crippen LogP contribution in [0.2, 0.25) is 0 Å². The highest BCUT2D eigenvalue weighted by Crippen LogP contribution is 2.46. The molecular weight excluding hydrogens is 400 g/mol. The van der Waals surface area contributed by atoms with E-state index in [0.717, 1.165) is 22.3 Å². The van der Waals surface area contributed by atoms with Crippen LogP contribution in [0.1, 0.15) is 35.3 Å². The third-order valence-electron chi connectivity index (χ3n) is 6.07. The van der Waals surface area contributed by atoms with Gasteiger partial charge in [0.25, 0.3) is 5.91 Å². The van der Waals surface area contributed by atoms with Crippen molar-refractivity contribution in [2.45, 2.75) is 31.5 Å². The normalized spacial score (nSPS) is 21.8. The molecule has 5 heteroatoms. The molecule has 5 nitrogen and oxygen atoms in total. The van der Waals surface area contributed by atoms with E-state index in [9.17, 15) is 9.59 Å². The van der Waals surface area contributed by atoms with Gasteiger partial charge in [-0.15, -0.1) is 0 Å². The molecule has 1 amide bonds. The molecule has 5 rings (SSSR count). The first-order valence-electron chi connectivity index (χ1n) is 10.8. The summed E-state index contributed by atoms with van der Waals surface area (Å²) in [7, 11) is 0. The van der Waals surface area contributed by atoms with Crippen molar-refractivity contribution in [3.8, 4) is 0 Å². The van der Waals surface area contributed by atoms with E-state index in [1.165, 1.54) is 6.92 Å². The second kappa shape index (κ2) is 8.08. The lowest BCUT2D eigenvalue weighted by Crippen LogP contribution is -2.50. The third-order valence-corrected chi connectivity index (χ3v) is 6.07. The first-order chi connectivity index (χ1) is 15.6. The molecule has 0 saturated heterocycles. The molecule has 0 spiro atoms. The van der Waals surface area contributed by atoms with Crippen molar-refractivity contribution in [2.75, 3.05) is 6.54 Å². The maximum atomic E-state index is 14.1. The molecule has 2 aliphatic heterocycles. The first-order valence-corrected chi connectivity index (χ1v) is 10.8. The number of fused-ring (bicyclic) bond motifs is 3. The Hall–Kier alpha value is -3.73. The molecule has 0 unspecified atom stereocenters. The lowest BCUT2D eigenvalue weighted by Gasteiger charge is -2.32. The van der Waals surface area contributed by atoms with Gasteiger partial charge in [0.15, 0.2) is 11.6 Å². The number of rotatable bonds is 5. The minimum Gasteiger partial charge on any atom is -0.466 e. The molecule has 3 aromatic carbocycles. The number of ketones is 1. The van der Waals surface area contributed by atoms with E-state index < -0.39 is 11.6 Å². The largest absolute Gasteiger partial charge is 0.466 e. The highest BCUT2D eigenvalue weighted by atomic mass is 16.5. The van der Waals surface area contributed by atoms with Crippen molar-refractivity contribution in [1.82, 2.24) is 4.90 Å². The highest BCUT2D eigenvalue weighted by molar-refractivity contribution is 6.02. The summed E-state index contributed by atoms with van der Waals surface area (Å²) in [5.41, 5.74) is 2.56. The molecular formula is C27H24N2O3. The fourth-order valence-electron chi connectivity index (χ4n) is 4.67. The average molecular weight is 425 g/mol. The van der Waals surface area contributed by atoms with Crippen LogP contribution >= 0.6 is 0 Å². The molecule has 2 heterocycles. The quantitative estimate of drug-likeness (QED) is 0.619. The van der Waals surface area contributed by atoms with Gasteiger partial charge in [-0.05, 0) is 30.2 Å². The third kappa shape index (κ3) is 3.50. The summed E-state index contributed by atoms with van der Waals surface area (Å²) in [6, 6.07) is 27.5. The molecule has 0 bridgehead atoms. The van der Waals surface area contributed by atoms with Crippen molar-refractivity contribution in [1.29, 1.82) is 0 Å². The predicted octanol–water partition coefficient (Wildman–Crippen LogP) is 4.12. The van der Waals surface area contributed by atoms with E-state index in [4.69, 9.17) is 9.73 Å². The monoisotopic (exact) mass is 424 g/mol. The van der Waals surface area contributed by atoms with Gasteiger partial charge in [0.05, 0.1) is 6.54 Å². The van der Waals surface area contributed by atoms with Gasteiger partial charge in [0, 0.05) is 24.1 Å². The summed E-state index contributed by atoms with van der Waals surface area (Å²) in [5, 5.41) is 0. The van der Waals surface area contributed by atoms with E-state index in [1.807, 2.05) is 84.9 Å². The zero-order valence-corrected chi connectivity index (χ0v) is 17.9. The molecule has 0 saturated carbocycles. The molecule has 160 valence electrons. The number of hydrogen-bond donors (Lipinski definition) is 0. The van der Waals surface area contributed by atoms with Crippen LogP contribution in [0.5, 0.6) is 0 Å². The van der Waals surface area contributed by atoms with Crippen LogP contribution in [-0.4, -0.2) is 34.6 Å². The Morgan fingerprint density at radius 2 is 1.66 bits per heavy atom. The Morgan fingerprint density at radius 3 is 2.38 bits per heavy atom. The van der Waals surface area contributed by atoms with Crippen LogP contribution in [0.15, 0.2) is 89.9 Å².